The second-order valence-corrected chi connectivity index (χ2v) is 5.57. The molecule has 4 nitrogen and oxygen atoms in total. The van der Waals surface area contributed by atoms with Crippen molar-refractivity contribution in [2.45, 2.75) is 6.54 Å². The van der Waals surface area contributed by atoms with Crippen LogP contribution in [0.15, 0.2) is 84.9 Å². The van der Waals surface area contributed by atoms with E-state index < -0.39 is 0 Å². The molecule has 4 heteroatoms. The fourth-order valence-electron chi connectivity index (χ4n) is 2.41. The average molecular weight is 330 g/mol. The van der Waals surface area contributed by atoms with E-state index in [2.05, 4.69) is 10.6 Å². The van der Waals surface area contributed by atoms with Crippen LogP contribution in [-0.4, -0.2) is 11.8 Å². The molecule has 124 valence electrons. The van der Waals surface area contributed by atoms with Crippen LogP contribution in [0.4, 0.5) is 5.69 Å². The molecule has 2 amide bonds. The molecule has 3 aromatic rings. The minimum Gasteiger partial charge on any atom is -0.348 e. The average Bonchev–Trinajstić information content (AvgIpc) is 2.68. The van der Waals surface area contributed by atoms with E-state index in [0.717, 1.165) is 5.56 Å². The Morgan fingerprint density at radius 2 is 1.28 bits per heavy atom. The highest BCUT2D eigenvalue weighted by molar-refractivity contribution is 6.06. The minimum absolute atomic E-state index is 0.210. The molecule has 0 unspecified atom stereocenters. The molecule has 3 rings (SSSR count). The first-order chi connectivity index (χ1) is 12.2. The van der Waals surface area contributed by atoms with Crippen LogP contribution in [-0.2, 0) is 6.54 Å². The van der Waals surface area contributed by atoms with Crippen molar-refractivity contribution in [1.82, 2.24) is 5.32 Å². The second-order valence-electron chi connectivity index (χ2n) is 5.57. The standard InChI is InChI=1S/C21H18N2O2/c24-20(22-15-16-8-3-1-4-9-16)17-10-7-11-18(14-17)21(25)23-19-12-5-2-6-13-19/h1-14H,15H2,(H,22,24)(H,23,25). The first-order valence-corrected chi connectivity index (χ1v) is 8.01. The number of nitrogens with one attached hydrogen (secondary N) is 2. The Balaban J connectivity index is 1.66. The Kier molecular flexibility index (Phi) is 5.22. The molecule has 0 bridgehead atoms. The molecule has 0 aliphatic carbocycles. The summed E-state index contributed by atoms with van der Waals surface area (Å²) in [6.07, 6.45) is 0. The molecule has 0 atom stereocenters. The summed E-state index contributed by atoms with van der Waals surface area (Å²) >= 11 is 0. The molecular formula is C21H18N2O2. The quantitative estimate of drug-likeness (QED) is 0.746. The van der Waals surface area contributed by atoms with Gasteiger partial charge in [-0.15, -0.1) is 0 Å². The Morgan fingerprint density at radius 1 is 0.680 bits per heavy atom. The van der Waals surface area contributed by atoms with Gasteiger partial charge in [0.2, 0.25) is 0 Å². The largest absolute Gasteiger partial charge is 0.348 e. The minimum atomic E-state index is -0.246. The lowest BCUT2D eigenvalue weighted by atomic mass is 10.1. The summed E-state index contributed by atoms with van der Waals surface area (Å²) in [7, 11) is 0. The zero-order chi connectivity index (χ0) is 17.5. The van der Waals surface area contributed by atoms with E-state index in [1.807, 2.05) is 60.7 Å². The topological polar surface area (TPSA) is 58.2 Å². The molecular weight excluding hydrogens is 312 g/mol. The second kappa shape index (κ2) is 7.93. The van der Waals surface area contributed by atoms with Crippen LogP contribution >= 0.6 is 0 Å². The third kappa shape index (κ3) is 4.54. The normalized spacial score (nSPS) is 10.1. The summed E-state index contributed by atoms with van der Waals surface area (Å²) in [4.78, 5) is 24.6. The highest BCUT2D eigenvalue weighted by Gasteiger charge is 2.10. The number of rotatable bonds is 5. The number of carbonyl (C=O) groups is 2. The van der Waals surface area contributed by atoms with Gasteiger partial charge in [-0.25, -0.2) is 0 Å². The van der Waals surface area contributed by atoms with Gasteiger partial charge in [-0.2, -0.15) is 0 Å². The van der Waals surface area contributed by atoms with Crippen molar-refractivity contribution in [3.05, 3.63) is 102 Å². The van der Waals surface area contributed by atoms with Crippen LogP contribution < -0.4 is 10.6 Å². The van der Waals surface area contributed by atoms with E-state index >= 15 is 0 Å². The predicted octanol–water partition coefficient (Wildman–Crippen LogP) is 3.87. The van der Waals surface area contributed by atoms with Gasteiger partial charge in [0.15, 0.2) is 0 Å². The SMILES string of the molecule is O=C(NCc1ccccc1)c1cccc(C(=O)Nc2ccccc2)c1. The van der Waals surface area contributed by atoms with Crippen molar-refractivity contribution in [3.8, 4) is 0 Å². The zero-order valence-corrected chi connectivity index (χ0v) is 13.6. The van der Waals surface area contributed by atoms with E-state index in [4.69, 9.17) is 0 Å². The Labute approximate surface area is 146 Å². The number of hydrogen-bond acceptors (Lipinski definition) is 2. The maximum absolute atomic E-state index is 12.3. The van der Waals surface area contributed by atoms with Gasteiger partial charge in [0, 0.05) is 23.4 Å². The molecule has 0 saturated carbocycles. The molecule has 3 aromatic carbocycles. The number of benzene rings is 3. The predicted molar refractivity (Wildman–Crippen MR) is 98.4 cm³/mol. The summed E-state index contributed by atoms with van der Waals surface area (Å²) in [6, 6.07) is 25.6. The molecule has 0 radical (unpaired) electrons. The van der Waals surface area contributed by atoms with Gasteiger partial charge >= 0.3 is 0 Å². The smallest absolute Gasteiger partial charge is 0.255 e. The van der Waals surface area contributed by atoms with Gasteiger partial charge in [0.25, 0.3) is 11.8 Å². The summed E-state index contributed by atoms with van der Waals surface area (Å²) in [6.45, 7) is 0.445. The van der Waals surface area contributed by atoms with Crippen LogP contribution in [0.1, 0.15) is 26.3 Å². The molecule has 25 heavy (non-hydrogen) atoms. The number of anilines is 1. The Hall–Kier alpha value is -3.40. The number of para-hydroxylation sites is 1. The Bertz CT molecular complexity index is 861. The molecule has 0 heterocycles. The molecule has 0 saturated heterocycles. The first kappa shape index (κ1) is 16.5. The fourth-order valence-corrected chi connectivity index (χ4v) is 2.41. The third-order valence-corrected chi connectivity index (χ3v) is 3.71. The molecule has 0 aliphatic rings. The van der Waals surface area contributed by atoms with Crippen molar-refractivity contribution in [2.75, 3.05) is 5.32 Å². The van der Waals surface area contributed by atoms with Crippen molar-refractivity contribution >= 4 is 17.5 Å². The van der Waals surface area contributed by atoms with Crippen LogP contribution in [0.2, 0.25) is 0 Å². The van der Waals surface area contributed by atoms with Gasteiger partial charge in [-0.1, -0.05) is 54.6 Å². The third-order valence-electron chi connectivity index (χ3n) is 3.71. The molecule has 0 aromatic heterocycles. The van der Waals surface area contributed by atoms with Crippen molar-refractivity contribution in [3.63, 3.8) is 0 Å². The lowest BCUT2D eigenvalue weighted by Crippen LogP contribution is -2.23. The molecule has 0 fully saturated rings. The maximum Gasteiger partial charge on any atom is 0.255 e. The van der Waals surface area contributed by atoms with E-state index in [-0.39, 0.29) is 11.8 Å². The lowest BCUT2D eigenvalue weighted by Gasteiger charge is -2.08. The number of hydrogen-bond donors (Lipinski definition) is 2. The summed E-state index contributed by atoms with van der Waals surface area (Å²) in [5.41, 5.74) is 2.63. The van der Waals surface area contributed by atoms with E-state index in [0.29, 0.717) is 23.4 Å². The van der Waals surface area contributed by atoms with E-state index in [1.54, 1.807) is 24.3 Å². The van der Waals surface area contributed by atoms with Crippen molar-refractivity contribution in [2.24, 2.45) is 0 Å². The van der Waals surface area contributed by atoms with Crippen LogP contribution in [0.25, 0.3) is 0 Å². The van der Waals surface area contributed by atoms with Gasteiger partial charge in [0.05, 0.1) is 0 Å². The van der Waals surface area contributed by atoms with E-state index in [9.17, 15) is 9.59 Å². The summed E-state index contributed by atoms with van der Waals surface area (Å²) < 4.78 is 0. The van der Waals surface area contributed by atoms with Crippen LogP contribution in [0, 0.1) is 0 Å². The van der Waals surface area contributed by atoms with Gasteiger partial charge in [-0.3, -0.25) is 9.59 Å². The number of carbonyl (C=O) groups excluding carboxylic acids is 2. The molecule has 0 spiro atoms. The van der Waals surface area contributed by atoms with Crippen molar-refractivity contribution < 1.29 is 9.59 Å². The fraction of sp³-hybridized carbons (Fsp3) is 0.0476. The van der Waals surface area contributed by atoms with Crippen molar-refractivity contribution in [1.29, 1.82) is 0 Å². The van der Waals surface area contributed by atoms with E-state index in [1.165, 1.54) is 0 Å². The monoisotopic (exact) mass is 330 g/mol. The highest BCUT2D eigenvalue weighted by atomic mass is 16.2. The Morgan fingerprint density at radius 3 is 1.96 bits per heavy atom. The van der Waals surface area contributed by atoms with Gasteiger partial charge in [0.1, 0.15) is 0 Å². The first-order valence-electron chi connectivity index (χ1n) is 8.01. The maximum atomic E-state index is 12.3. The van der Waals surface area contributed by atoms with Gasteiger partial charge < -0.3 is 10.6 Å². The lowest BCUT2D eigenvalue weighted by molar-refractivity contribution is 0.0951. The number of amides is 2. The molecule has 0 aliphatic heterocycles. The summed E-state index contributed by atoms with van der Waals surface area (Å²) in [5.74, 6) is -0.456. The van der Waals surface area contributed by atoms with Crippen LogP contribution in [0.5, 0.6) is 0 Å². The van der Waals surface area contributed by atoms with Gasteiger partial charge in [-0.05, 0) is 35.9 Å². The summed E-state index contributed by atoms with van der Waals surface area (Å²) in [5, 5.41) is 5.67. The van der Waals surface area contributed by atoms with Crippen LogP contribution in [0.3, 0.4) is 0 Å². The molecule has 2 N–H and O–H groups in total. The highest BCUT2D eigenvalue weighted by Crippen LogP contribution is 2.11. The zero-order valence-electron chi connectivity index (χ0n) is 13.6.